The first-order valence-corrected chi connectivity index (χ1v) is 7.65. The average Bonchev–Trinajstić information content (AvgIpc) is 2.67. The third-order valence-electron chi connectivity index (χ3n) is 5.95. The second kappa shape index (κ2) is 4.00. The number of nitriles is 1. The summed E-state index contributed by atoms with van der Waals surface area (Å²) in [5, 5.41) is 8.81. The zero-order valence-electron chi connectivity index (χ0n) is 11.8. The van der Waals surface area contributed by atoms with Crippen LogP contribution in [-0.4, -0.2) is 24.0 Å². The van der Waals surface area contributed by atoms with Crippen LogP contribution in [0.25, 0.3) is 0 Å². The Morgan fingerprint density at radius 1 is 1.25 bits per heavy atom. The first-order valence-electron chi connectivity index (χ1n) is 7.65. The minimum atomic E-state index is -0.347. The molecule has 1 aliphatic heterocycles. The van der Waals surface area contributed by atoms with Crippen molar-refractivity contribution in [3.63, 3.8) is 0 Å². The Hall–Kier alpha value is -1.50. The lowest BCUT2D eigenvalue weighted by Crippen LogP contribution is -2.54. The van der Waals surface area contributed by atoms with Gasteiger partial charge in [-0.3, -0.25) is 9.69 Å². The van der Waals surface area contributed by atoms with Crippen molar-refractivity contribution in [3.05, 3.63) is 12.0 Å². The van der Waals surface area contributed by atoms with E-state index in [1.807, 2.05) is 6.07 Å². The van der Waals surface area contributed by atoms with Crippen LogP contribution in [0.2, 0.25) is 0 Å². The minimum absolute atomic E-state index is 0.0468. The number of ether oxygens (including phenoxy) is 1. The van der Waals surface area contributed by atoms with Crippen LogP contribution in [0.1, 0.15) is 38.5 Å². The van der Waals surface area contributed by atoms with Gasteiger partial charge in [-0.2, -0.15) is 5.26 Å². The van der Waals surface area contributed by atoms with Crippen molar-refractivity contribution in [1.29, 1.82) is 5.26 Å². The maximum Gasteiger partial charge on any atom is 0.270 e. The topological polar surface area (TPSA) is 53.3 Å². The Morgan fingerprint density at radius 3 is 2.30 bits per heavy atom. The highest BCUT2D eigenvalue weighted by molar-refractivity contribution is 5.85. The monoisotopic (exact) mass is 272 g/mol. The van der Waals surface area contributed by atoms with Gasteiger partial charge < -0.3 is 4.74 Å². The van der Waals surface area contributed by atoms with Crippen molar-refractivity contribution < 1.29 is 9.53 Å². The highest BCUT2D eigenvalue weighted by Crippen LogP contribution is 2.62. The summed E-state index contributed by atoms with van der Waals surface area (Å²) < 4.78 is 5.93. The van der Waals surface area contributed by atoms with Gasteiger partial charge in [-0.25, -0.2) is 0 Å². The van der Waals surface area contributed by atoms with Crippen LogP contribution < -0.4 is 0 Å². The normalized spacial score (nSPS) is 47.7. The van der Waals surface area contributed by atoms with E-state index in [0.29, 0.717) is 5.88 Å². The fourth-order valence-corrected chi connectivity index (χ4v) is 5.61. The fraction of sp³-hybridized carbons (Fsp3) is 0.750. The van der Waals surface area contributed by atoms with Crippen molar-refractivity contribution in [3.8, 4) is 6.07 Å². The van der Waals surface area contributed by atoms with E-state index in [1.54, 1.807) is 7.05 Å². The Kier molecular flexibility index (Phi) is 2.45. The quantitative estimate of drug-likeness (QED) is 0.689. The molecule has 0 N–H and O–H groups in total. The second-order valence-electron chi connectivity index (χ2n) is 7.29. The molecule has 4 aliphatic carbocycles. The van der Waals surface area contributed by atoms with E-state index in [9.17, 15) is 4.79 Å². The van der Waals surface area contributed by atoms with Crippen LogP contribution in [-0.2, 0) is 9.53 Å². The lowest BCUT2D eigenvalue weighted by Gasteiger charge is -2.57. The number of nitrogens with zero attached hydrogens (tertiary/aromatic N) is 2. The van der Waals surface area contributed by atoms with Gasteiger partial charge in [0.15, 0.2) is 6.10 Å². The van der Waals surface area contributed by atoms with Crippen molar-refractivity contribution in [1.82, 2.24) is 4.90 Å². The Balaban J connectivity index is 1.66. The van der Waals surface area contributed by atoms with Crippen molar-refractivity contribution in [2.45, 2.75) is 44.6 Å². The summed E-state index contributed by atoms with van der Waals surface area (Å²) in [6.45, 7) is 0. The van der Waals surface area contributed by atoms with Gasteiger partial charge in [-0.15, -0.1) is 0 Å². The molecule has 0 aromatic carbocycles. The van der Waals surface area contributed by atoms with Gasteiger partial charge in [-0.1, -0.05) is 0 Å². The summed E-state index contributed by atoms with van der Waals surface area (Å²) in [7, 11) is 1.71. The molecule has 5 rings (SSSR count). The average molecular weight is 272 g/mol. The fourth-order valence-electron chi connectivity index (χ4n) is 5.61. The highest BCUT2D eigenvalue weighted by atomic mass is 16.5. The molecule has 5 fully saturated rings. The molecule has 0 aromatic rings. The molecule has 4 saturated carbocycles. The predicted octanol–water partition coefficient (Wildman–Crippen LogP) is 2.42. The van der Waals surface area contributed by atoms with E-state index in [-0.39, 0.29) is 17.4 Å². The summed E-state index contributed by atoms with van der Waals surface area (Å²) >= 11 is 0. The molecular weight excluding hydrogens is 252 g/mol. The number of allylic oxidation sites excluding steroid dienone is 1. The molecular formula is C16H20N2O2. The van der Waals surface area contributed by atoms with Crippen LogP contribution in [0.4, 0.5) is 0 Å². The maximum absolute atomic E-state index is 12.6. The zero-order chi connectivity index (χ0) is 13.9. The van der Waals surface area contributed by atoms with E-state index in [4.69, 9.17) is 10.00 Å². The number of rotatable bonds is 1. The van der Waals surface area contributed by atoms with Crippen LogP contribution in [0, 0.1) is 34.5 Å². The van der Waals surface area contributed by atoms with E-state index in [0.717, 1.165) is 37.0 Å². The van der Waals surface area contributed by atoms with Gasteiger partial charge in [0.25, 0.3) is 5.91 Å². The SMILES string of the molecule is CN1C(=O)C(C23CC4CC(CC(C4)C2)C3)O/C1=C/C#N. The van der Waals surface area contributed by atoms with E-state index in [1.165, 1.54) is 30.2 Å². The zero-order valence-corrected chi connectivity index (χ0v) is 11.8. The summed E-state index contributed by atoms with van der Waals surface area (Å²) in [5.74, 6) is 2.87. The molecule has 1 unspecified atom stereocenters. The predicted molar refractivity (Wildman–Crippen MR) is 71.9 cm³/mol. The smallest absolute Gasteiger partial charge is 0.270 e. The van der Waals surface area contributed by atoms with Crippen LogP contribution in [0.5, 0.6) is 0 Å². The second-order valence-corrected chi connectivity index (χ2v) is 7.29. The van der Waals surface area contributed by atoms with Crippen molar-refractivity contribution in [2.75, 3.05) is 7.05 Å². The highest BCUT2D eigenvalue weighted by Gasteiger charge is 2.59. The summed E-state index contributed by atoms with van der Waals surface area (Å²) in [6.07, 6.45) is 8.50. The molecule has 0 aromatic heterocycles. The minimum Gasteiger partial charge on any atom is -0.464 e. The molecule has 0 radical (unpaired) electrons. The molecule has 4 heteroatoms. The molecule has 20 heavy (non-hydrogen) atoms. The van der Waals surface area contributed by atoms with Crippen LogP contribution in [0.3, 0.4) is 0 Å². The van der Waals surface area contributed by atoms with Gasteiger partial charge in [0, 0.05) is 12.5 Å². The first kappa shape index (κ1) is 12.3. The lowest BCUT2D eigenvalue weighted by molar-refractivity contribution is -0.149. The lowest BCUT2D eigenvalue weighted by atomic mass is 9.48. The number of likely N-dealkylation sites (N-methyl/N-ethyl adjacent to an activating group) is 1. The van der Waals surface area contributed by atoms with Gasteiger partial charge in [0.05, 0.1) is 12.1 Å². The molecule has 4 bridgehead atoms. The summed E-state index contributed by atoms with van der Waals surface area (Å²) in [6, 6.07) is 1.97. The molecule has 5 aliphatic rings. The number of amides is 1. The first-order chi connectivity index (χ1) is 9.61. The largest absolute Gasteiger partial charge is 0.464 e. The van der Waals surface area contributed by atoms with E-state index in [2.05, 4.69) is 0 Å². The summed E-state index contributed by atoms with van der Waals surface area (Å²) in [4.78, 5) is 14.1. The van der Waals surface area contributed by atoms with Crippen molar-refractivity contribution in [2.24, 2.45) is 23.2 Å². The van der Waals surface area contributed by atoms with Gasteiger partial charge in [-0.05, 0) is 56.3 Å². The molecule has 1 amide bonds. The Morgan fingerprint density at radius 2 is 1.80 bits per heavy atom. The molecule has 4 nitrogen and oxygen atoms in total. The summed E-state index contributed by atoms with van der Waals surface area (Å²) in [5.41, 5.74) is 0.0468. The number of carbonyl (C=O) groups is 1. The molecule has 0 spiro atoms. The van der Waals surface area contributed by atoms with Gasteiger partial charge in [0.1, 0.15) is 0 Å². The van der Waals surface area contributed by atoms with Gasteiger partial charge in [0.2, 0.25) is 5.88 Å². The van der Waals surface area contributed by atoms with Crippen LogP contribution >= 0.6 is 0 Å². The number of hydrogen-bond donors (Lipinski definition) is 0. The number of carbonyl (C=O) groups excluding carboxylic acids is 1. The molecule has 1 atom stereocenters. The van der Waals surface area contributed by atoms with Crippen LogP contribution in [0.15, 0.2) is 12.0 Å². The molecule has 1 saturated heterocycles. The standard InChI is InChI=1S/C16H20N2O2/c1-18-13(2-3-17)20-14(15(18)19)16-7-10-4-11(8-16)6-12(5-10)9-16/h2,10-12,14H,4-9H2,1H3/b13-2+. The van der Waals surface area contributed by atoms with Gasteiger partial charge >= 0.3 is 0 Å². The number of hydrogen-bond acceptors (Lipinski definition) is 3. The maximum atomic E-state index is 12.6. The van der Waals surface area contributed by atoms with Crippen molar-refractivity contribution >= 4 is 5.91 Å². The molecule has 1 heterocycles. The molecule has 106 valence electrons. The Bertz CT molecular complexity index is 496. The third kappa shape index (κ3) is 1.55. The Labute approximate surface area is 119 Å². The van der Waals surface area contributed by atoms with E-state index < -0.39 is 0 Å². The van der Waals surface area contributed by atoms with E-state index >= 15 is 0 Å². The third-order valence-corrected chi connectivity index (χ3v) is 5.95.